The van der Waals surface area contributed by atoms with Crippen molar-refractivity contribution in [3.63, 3.8) is 0 Å². The smallest absolute Gasteiger partial charge is 0.245 e. The number of carbonyl (C=O) groups is 4. The molecule has 6 atom stereocenters. The van der Waals surface area contributed by atoms with Crippen LogP contribution in [0.3, 0.4) is 0 Å². The van der Waals surface area contributed by atoms with Crippen LogP contribution in [0.25, 0.3) is 0 Å². The van der Waals surface area contributed by atoms with Gasteiger partial charge in [0.25, 0.3) is 0 Å². The Bertz CT molecular complexity index is 1840. The van der Waals surface area contributed by atoms with Crippen molar-refractivity contribution in [3.8, 4) is 0 Å². The molecule has 3 aromatic rings. The van der Waals surface area contributed by atoms with Crippen LogP contribution in [0.5, 0.6) is 0 Å². The summed E-state index contributed by atoms with van der Waals surface area (Å²) < 4.78 is 0. The van der Waals surface area contributed by atoms with Gasteiger partial charge in [-0.2, -0.15) is 0 Å². The zero-order valence-electron chi connectivity index (χ0n) is 41.9. The molecule has 3 aromatic carbocycles. The molecular formula is C54H82N8O4. The lowest BCUT2D eigenvalue weighted by atomic mass is 9.85. The molecule has 0 bridgehead atoms. The van der Waals surface area contributed by atoms with Gasteiger partial charge < -0.3 is 31.1 Å². The maximum absolute atomic E-state index is 14.4. The Labute approximate surface area is 397 Å². The number of amides is 4. The number of likely N-dealkylation sites (tertiary alicyclic amines) is 2. The van der Waals surface area contributed by atoms with Gasteiger partial charge in [0, 0.05) is 64.4 Å². The lowest BCUT2D eigenvalue weighted by Crippen LogP contribution is -2.59. The van der Waals surface area contributed by atoms with E-state index in [0.29, 0.717) is 13.1 Å². The van der Waals surface area contributed by atoms with Crippen molar-refractivity contribution in [2.24, 2.45) is 10.8 Å². The lowest BCUT2D eigenvalue weighted by molar-refractivity contribution is -0.141. The minimum absolute atomic E-state index is 0.00382. The Morgan fingerprint density at radius 2 is 0.909 bits per heavy atom. The molecule has 362 valence electrons. The summed E-state index contributed by atoms with van der Waals surface area (Å²) in [6.45, 7) is 21.8. The van der Waals surface area contributed by atoms with Crippen molar-refractivity contribution >= 4 is 23.6 Å². The fraction of sp³-hybridized carbons (Fsp3) is 0.593. The van der Waals surface area contributed by atoms with E-state index in [-0.39, 0.29) is 35.7 Å². The van der Waals surface area contributed by atoms with E-state index in [1.54, 1.807) is 14.1 Å². The number of rotatable bonds is 22. The summed E-state index contributed by atoms with van der Waals surface area (Å²) in [4.78, 5) is 63.9. The Morgan fingerprint density at radius 3 is 1.23 bits per heavy atom. The van der Waals surface area contributed by atoms with Crippen LogP contribution in [0, 0.1) is 10.8 Å². The van der Waals surface area contributed by atoms with Crippen LogP contribution in [0.1, 0.15) is 103 Å². The minimum atomic E-state index is -0.628. The summed E-state index contributed by atoms with van der Waals surface area (Å²) in [5.74, 6) is -0.349. The molecular weight excluding hydrogens is 825 g/mol. The van der Waals surface area contributed by atoms with Crippen molar-refractivity contribution < 1.29 is 19.2 Å². The van der Waals surface area contributed by atoms with Crippen molar-refractivity contribution in [1.29, 1.82) is 0 Å². The van der Waals surface area contributed by atoms with Crippen LogP contribution >= 0.6 is 0 Å². The number of hydrogen-bond donors (Lipinski definition) is 4. The fourth-order valence-electron chi connectivity index (χ4n) is 9.25. The van der Waals surface area contributed by atoms with E-state index >= 15 is 0 Å². The number of carbonyl (C=O) groups excluding carboxylic acids is 4. The van der Waals surface area contributed by atoms with E-state index in [9.17, 15) is 19.2 Å². The number of nitrogens with one attached hydrogen (secondary N) is 4. The maximum atomic E-state index is 14.4. The molecule has 0 spiro atoms. The first kappa shape index (κ1) is 52.4. The molecule has 0 saturated carbocycles. The van der Waals surface area contributed by atoms with Crippen molar-refractivity contribution in [2.75, 3.05) is 53.4 Å². The van der Waals surface area contributed by atoms with Gasteiger partial charge in [-0.25, -0.2) is 0 Å². The third-order valence-corrected chi connectivity index (χ3v) is 13.7. The lowest BCUT2D eigenvalue weighted by Gasteiger charge is -2.38. The number of hydrogen-bond acceptors (Lipinski definition) is 8. The van der Waals surface area contributed by atoms with Gasteiger partial charge in [-0.05, 0) is 99.6 Å². The molecule has 0 radical (unpaired) electrons. The molecule has 2 fully saturated rings. The topological polar surface area (TPSA) is 129 Å². The van der Waals surface area contributed by atoms with Crippen molar-refractivity contribution in [1.82, 2.24) is 40.9 Å². The highest BCUT2D eigenvalue weighted by molar-refractivity contribution is 5.91. The predicted octanol–water partition coefficient (Wildman–Crippen LogP) is 6.04. The Balaban J connectivity index is 1.32. The van der Waals surface area contributed by atoms with E-state index in [0.717, 1.165) is 77.8 Å². The number of benzene rings is 3. The molecule has 5 rings (SSSR count). The van der Waals surface area contributed by atoms with Crippen molar-refractivity contribution in [2.45, 2.75) is 143 Å². The highest BCUT2D eigenvalue weighted by Gasteiger charge is 2.42. The summed E-state index contributed by atoms with van der Waals surface area (Å²) in [5, 5.41) is 12.2. The SMILES string of the molecule is CN[C@@H](C)C(=O)N[C@H](C(=O)N1CCC[C@@H]1CN(CCc1ccccc1)Cc1ccc(CN(CCc2ccccc2)C[C@@H]2CCCN2C(=O)[C@@H](NC(=O)[C@H](C)NC)C(C)(C)C)cc1)C(C)(C)C. The molecule has 2 heterocycles. The molecule has 12 heteroatoms. The molecule has 4 amide bonds. The molecule has 2 aliphatic rings. The standard InChI is InChI=1S/C54H82N8O4/c1-39(55-9)49(63)57-47(53(3,4)5)51(65)61-31-17-23-45(61)37-59(33-29-41-19-13-11-14-20-41)35-43-25-27-44(28-26-43)36-60(34-30-42-21-15-12-16-22-42)38-46-24-18-32-62(46)52(66)48(54(6,7)8)58-50(64)40(2)56-10/h11-16,19-22,25-28,39-40,45-48,55-56H,17-18,23-24,29-38H2,1-10H3,(H,57,63)(H,58,64)/t39-,40-,45-,46+,47+,48+/m0/s1. The van der Waals surface area contributed by atoms with Gasteiger partial charge in [0.1, 0.15) is 12.1 Å². The molecule has 4 N–H and O–H groups in total. The molecule has 12 nitrogen and oxygen atoms in total. The van der Waals surface area contributed by atoms with Crippen LogP contribution in [0.4, 0.5) is 0 Å². The van der Waals surface area contributed by atoms with Crippen LogP contribution in [-0.2, 0) is 45.1 Å². The maximum Gasteiger partial charge on any atom is 0.245 e. The Hall–Kier alpha value is -4.62. The second-order valence-electron chi connectivity index (χ2n) is 21.0. The number of nitrogens with zero attached hydrogens (tertiary/aromatic N) is 4. The normalized spacial score (nSPS) is 18.6. The monoisotopic (exact) mass is 907 g/mol. The molecule has 0 aliphatic carbocycles. The third-order valence-electron chi connectivity index (χ3n) is 13.7. The van der Waals surface area contributed by atoms with Gasteiger partial charge in [0.2, 0.25) is 23.6 Å². The van der Waals surface area contributed by atoms with Gasteiger partial charge in [0.05, 0.1) is 12.1 Å². The minimum Gasteiger partial charge on any atom is -0.342 e. The largest absolute Gasteiger partial charge is 0.342 e. The second-order valence-corrected chi connectivity index (χ2v) is 21.0. The first-order chi connectivity index (χ1) is 31.4. The summed E-state index contributed by atoms with van der Waals surface area (Å²) in [7, 11) is 3.51. The average molecular weight is 907 g/mol. The van der Waals surface area contributed by atoms with Gasteiger partial charge in [0.15, 0.2) is 0 Å². The van der Waals surface area contributed by atoms with Gasteiger partial charge in [-0.15, -0.1) is 0 Å². The van der Waals surface area contributed by atoms with Crippen molar-refractivity contribution in [3.05, 3.63) is 107 Å². The highest BCUT2D eigenvalue weighted by atomic mass is 16.2. The molecule has 0 unspecified atom stereocenters. The van der Waals surface area contributed by atoms with E-state index in [1.807, 2.05) is 65.2 Å². The molecule has 2 saturated heterocycles. The first-order valence-electron chi connectivity index (χ1n) is 24.5. The van der Waals surface area contributed by atoms with Crippen LogP contribution < -0.4 is 21.3 Å². The summed E-state index contributed by atoms with van der Waals surface area (Å²) >= 11 is 0. The van der Waals surface area contributed by atoms with Gasteiger partial charge >= 0.3 is 0 Å². The van der Waals surface area contributed by atoms with Crippen LogP contribution in [-0.4, -0.2) is 133 Å². The van der Waals surface area contributed by atoms with E-state index in [1.165, 1.54) is 22.3 Å². The van der Waals surface area contributed by atoms with E-state index < -0.39 is 35.0 Å². The Kier molecular flexibility index (Phi) is 19.4. The third kappa shape index (κ3) is 15.2. The first-order valence-corrected chi connectivity index (χ1v) is 24.5. The van der Waals surface area contributed by atoms with E-state index in [2.05, 4.69) is 116 Å². The van der Waals surface area contributed by atoms with Crippen LogP contribution in [0.2, 0.25) is 0 Å². The van der Waals surface area contributed by atoms with Gasteiger partial charge in [-0.1, -0.05) is 126 Å². The van der Waals surface area contributed by atoms with Crippen LogP contribution in [0.15, 0.2) is 84.9 Å². The zero-order valence-corrected chi connectivity index (χ0v) is 41.9. The quantitative estimate of drug-likeness (QED) is 0.0963. The molecule has 2 aliphatic heterocycles. The molecule has 0 aromatic heterocycles. The second kappa shape index (κ2) is 24.4. The average Bonchev–Trinajstić information content (AvgIpc) is 3.97. The summed E-state index contributed by atoms with van der Waals surface area (Å²) in [5.41, 5.74) is 4.10. The number of likely N-dealkylation sites (N-methyl/N-ethyl adjacent to an activating group) is 2. The Morgan fingerprint density at radius 1 is 0.561 bits per heavy atom. The molecule has 66 heavy (non-hydrogen) atoms. The van der Waals surface area contributed by atoms with Gasteiger partial charge in [-0.3, -0.25) is 29.0 Å². The summed E-state index contributed by atoms with van der Waals surface area (Å²) in [6.07, 6.45) is 5.52. The fourth-order valence-corrected chi connectivity index (χ4v) is 9.25. The predicted molar refractivity (Wildman–Crippen MR) is 267 cm³/mol. The zero-order chi connectivity index (χ0) is 48.0. The summed E-state index contributed by atoms with van der Waals surface area (Å²) in [6, 6.07) is 28.2. The van der Waals surface area contributed by atoms with E-state index in [4.69, 9.17) is 0 Å². The highest BCUT2D eigenvalue weighted by Crippen LogP contribution is 2.29.